The Kier molecular flexibility index (Phi) is 1.18. The molecule has 0 fully saturated rings. The first-order valence-corrected chi connectivity index (χ1v) is 3.11. The zero-order valence-corrected chi connectivity index (χ0v) is 5.89. The van der Waals surface area contributed by atoms with Gasteiger partial charge in [0, 0.05) is 0 Å². The smallest absolute Gasteiger partial charge is 0.242 e. The third kappa shape index (κ3) is 0.977. The van der Waals surface area contributed by atoms with Gasteiger partial charge in [-0.05, 0) is 6.92 Å². The van der Waals surface area contributed by atoms with Crippen LogP contribution in [0.1, 0.15) is 5.69 Å². The molecule has 2 aromatic heterocycles. The summed E-state index contributed by atoms with van der Waals surface area (Å²) in [7, 11) is 0. The first-order valence-electron chi connectivity index (χ1n) is 3.11. The van der Waals surface area contributed by atoms with Crippen LogP contribution >= 0.6 is 0 Å². The van der Waals surface area contributed by atoms with Gasteiger partial charge >= 0.3 is 0 Å². The Morgan fingerprint density at radius 3 is 3.00 bits per heavy atom. The average Bonchev–Trinajstić information content (AvgIpc) is 2.55. The zero-order valence-electron chi connectivity index (χ0n) is 5.89. The molecule has 0 aromatic carbocycles. The number of nitrogens with one attached hydrogen (secondary N) is 1. The Hall–Kier alpha value is -1.72. The van der Waals surface area contributed by atoms with Gasteiger partial charge in [-0.2, -0.15) is 20.3 Å². The van der Waals surface area contributed by atoms with Gasteiger partial charge in [0.05, 0.1) is 11.9 Å². The molecular formula is C5H6N6. The van der Waals surface area contributed by atoms with Crippen molar-refractivity contribution in [1.29, 1.82) is 0 Å². The lowest BCUT2D eigenvalue weighted by molar-refractivity contribution is 0.702. The minimum Gasteiger partial charge on any atom is -0.242 e. The Morgan fingerprint density at radius 1 is 1.55 bits per heavy atom. The van der Waals surface area contributed by atoms with Crippen LogP contribution in [-0.2, 0) is 0 Å². The van der Waals surface area contributed by atoms with Gasteiger partial charge in [0.25, 0.3) is 5.95 Å². The van der Waals surface area contributed by atoms with Gasteiger partial charge in [-0.15, -0.1) is 4.80 Å². The maximum Gasteiger partial charge on any atom is 0.264 e. The largest absolute Gasteiger partial charge is 0.264 e. The predicted octanol–water partition coefficient (Wildman–Crippen LogP) is -0.306. The molecule has 0 unspecified atom stereocenters. The molecular weight excluding hydrogens is 144 g/mol. The molecule has 11 heavy (non-hydrogen) atoms. The summed E-state index contributed by atoms with van der Waals surface area (Å²) in [5, 5.41) is 14.3. The van der Waals surface area contributed by atoms with E-state index in [1.54, 1.807) is 6.20 Å². The van der Waals surface area contributed by atoms with Crippen LogP contribution in [0.25, 0.3) is 5.95 Å². The Bertz CT molecular complexity index is 333. The van der Waals surface area contributed by atoms with Crippen molar-refractivity contribution in [2.45, 2.75) is 6.92 Å². The summed E-state index contributed by atoms with van der Waals surface area (Å²) < 4.78 is 0. The van der Waals surface area contributed by atoms with E-state index in [1.165, 1.54) is 11.1 Å². The molecule has 2 aromatic rings. The standard InChI is InChI=1S/C5H6N6/c1-4-2-8-11(10-4)5-6-3-7-9-5/h2-3H,1H3,(H,6,7,9). The van der Waals surface area contributed by atoms with Gasteiger partial charge < -0.3 is 0 Å². The van der Waals surface area contributed by atoms with Crippen LogP contribution in [0.4, 0.5) is 0 Å². The van der Waals surface area contributed by atoms with Crippen molar-refractivity contribution in [3.8, 4) is 5.95 Å². The van der Waals surface area contributed by atoms with Crippen molar-refractivity contribution in [2.24, 2.45) is 0 Å². The lowest BCUT2D eigenvalue weighted by Gasteiger charge is -1.88. The maximum absolute atomic E-state index is 4.02. The molecule has 0 aliphatic carbocycles. The average molecular weight is 150 g/mol. The van der Waals surface area contributed by atoms with Gasteiger partial charge in [0.1, 0.15) is 6.33 Å². The molecule has 0 saturated carbocycles. The van der Waals surface area contributed by atoms with Crippen molar-refractivity contribution in [1.82, 2.24) is 30.2 Å². The second-order valence-electron chi connectivity index (χ2n) is 2.08. The summed E-state index contributed by atoms with van der Waals surface area (Å²) >= 11 is 0. The molecule has 0 saturated heterocycles. The normalized spacial score (nSPS) is 10.3. The highest BCUT2D eigenvalue weighted by Gasteiger charge is 2.00. The monoisotopic (exact) mass is 150 g/mol. The zero-order chi connectivity index (χ0) is 7.68. The summed E-state index contributed by atoms with van der Waals surface area (Å²) in [5.41, 5.74) is 0.849. The summed E-state index contributed by atoms with van der Waals surface area (Å²) in [6.45, 7) is 1.86. The molecule has 0 amide bonds. The number of rotatable bonds is 1. The van der Waals surface area contributed by atoms with Crippen molar-refractivity contribution in [3.63, 3.8) is 0 Å². The van der Waals surface area contributed by atoms with E-state index < -0.39 is 0 Å². The van der Waals surface area contributed by atoms with Gasteiger partial charge in [0.15, 0.2) is 0 Å². The number of nitrogens with zero attached hydrogens (tertiary/aromatic N) is 5. The van der Waals surface area contributed by atoms with Crippen molar-refractivity contribution < 1.29 is 0 Å². The van der Waals surface area contributed by atoms with E-state index in [9.17, 15) is 0 Å². The van der Waals surface area contributed by atoms with Crippen LogP contribution in [0.5, 0.6) is 0 Å². The Balaban J connectivity index is 2.45. The summed E-state index contributed by atoms with van der Waals surface area (Å²) in [4.78, 5) is 5.26. The number of H-pyrrole nitrogens is 1. The van der Waals surface area contributed by atoms with Crippen LogP contribution in [0, 0.1) is 6.92 Å². The molecule has 56 valence electrons. The predicted molar refractivity (Wildman–Crippen MR) is 36.0 cm³/mol. The minimum atomic E-state index is 0.526. The van der Waals surface area contributed by atoms with Crippen LogP contribution in [0.2, 0.25) is 0 Å². The molecule has 1 N–H and O–H groups in total. The van der Waals surface area contributed by atoms with Crippen LogP contribution in [-0.4, -0.2) is 30.2 Å². The van der Waals surface area contributed by atoms with Crippen molar-refractivity contribution in [2.75, 3.05) is 0 Å². The molecule has 0 atom stereocenters. The molecule has 0 radical (unpaired) electrons. The first kappa shape index (κ1) is 6.02. The number of hydrogen-bond donors (Lipinski definition) is 1. The molecule has 2 rings (SSSR count). The fourth-order valence-corrected chi connectivity index (χ4v) is 0.737. The molecule has 0 aliphatic heterocycles. The topological polar surface area (TPSA) is 72.3 Å². The van der Waals surface area contributed by atoms with E-state index in [0.717, 1.165) is 5.69 Å². The lowest BCUT2D eigenvalue weighted by Crippen LogP contribution is -2.00. The van der Waals surface area contributed by atoms with Crippen molar-refractivity contribution in [3.05, 3.63) is 18.2 Å². The SMILES string of the molecule is Cc1cnn(-c2ncn[nH]2)n1. The fourth-order valence-electron chi connectivity index (χ4n) is 0.737. The van der Waals surface area contributed by atoms with E-state index in [1.807, 2.05) is 6.92 Å². The number of aryl methyl sites for hydroxylation is 1. The van der Waals surface area contributed by atoms with E-state index >= 15 is 0 Å². The quantitative estimate of drug-likeness (QED) is 0.605. The van der Waals surface area contributed by atoms with Gasteiger partial charge in [0.2, 0.25) is 0 Å². The van der Waals surface area contributed by atoms with Gasteiger partial charge in [-0.3, -0.25) is 0 Å². The highest BCUT2D eigenvalue weighted by molar-refractivity contribution is 5.01. The summed E-state index contributed by atoms with van der Waals surface area (Å²) in [6.07, 6.45) is 3.07. The Morgan fingerprint density at radius 2 is 2.45 bits per heavy atom. The molecule has 6 nitrogen and oxygen atoms in total. The number of aromatic amines is 1. The van der Waals surface area contributed by atoms with E-state index in [0.29, 0.717) is 5.95 Å². The highest BCUT2D eigenvalue weighted by atomic mass is 15.5. The van der Waals surface area contributed by atoms with E-state index in [2.05, 4.69) is 25.4 Å². The molecule has 0 spiro atoms. The third-order valence-electron chi connectivity index (χ3n) is 1.20. The fraction of sp³-hybridized carbons (Fsp3) is 0.200. The van der Waals surface area contributed by atoms with Crippen LogP contribution in [0.3, 0.4) is 0 Å². The molecule has 2 heterocycles. The second-order valence-corrected chi connectivity index (χ2v) is 2.08. The van der Waals surface area contributed by atoms with Crippen molar-refractivity contribution >= 4 is 0 Å². The minimum absolute atomic E-state index is 0.526. The summed E-state index contributed by atoms with van der Waals surface area (Å²) in [6, 6.07) is 0. The Labute approximate surface area is 62.3 Å². The lowest BCUT2D eigenvalue weighted by atomic mass is 10.6. The third-order valence-corrected chi connectivity index (χ3v) is 1.20. The van der Waals surface area contributed by atoms with Crippen LogP contribution < -0.4 is 0 Å². The van der Waals surface area contributed by atoms with Gasteiger partial charge in [-0.25, -0.2) is 5.10 Å². The number of hydrogen-bond acceptors (Lipinski definition) is 4. The van der Waals surface area contributed by atoms with E-state index in [-0.39, 0.29) is 0 Å². The van der Waals surface area contributed by atoms with E-state index in [4.69, 9.17) is 0 Å². The molecule has 0 aliphatic rings. The second kappa shape index (κ2) is 2.15. The first-order chi connectivity index (χ1) is 5.36. The number of aromatic nitrogens is 6. The maximum atomic E-state index is 4.02. The van der Waals surface area contributed by atoms with Crippen LogP contribution in [0.15, 0.2) is 12.5 Å². The molecule has 0 bridgehead atoms. The van der Waals surface area contributed by atoms with Gasteiger partial charge in [-0.1, -0.05) is 0 Å². The molecule has 6 heteroatoms. The summed E-state index contributed by atoms with van der Waals surface area (Å²) in [5.74, 6) is 0.526. The highest BCUT2D eigenvalue weighted by Crippen LogP contribution is 1.93.